The Kier molecular flexibility index (Phi) is 6.05. The third-order valence-electron chi connectivity index (χ3n) is 2.67. The number of amides is 2. The summed E-state index contributed by atoms with van der Waals surface area (Å²) in [6.07, 6.45) is 0.000156. The number of aliphatic hydroxyl groups excluding tert-OH is 1. The van der Waals surface area contributed by atoms with Crippen molar-refractivity contribution in [1.29, 1.82) is 0 Å². The van der Waals surface area contributed by atoms with Crippen LogP contribution in [0.4, 0.5) is 14.9 Å². The second-order valence-corrected chi connectivity index (χ2v) is 5.01. The van der Waals surface area contributed by atoms with Crippen LogP contribution < -0.4 is 10.6 Å². The number of hydrogen-bond donors (Lipinski definition) is 3. The fraction of sp³-hybridized carbons (Fsp3) is 0.462. The Morgan fingerprint density at radius 2 is 2.16 bits per heavy atom. The van der Waals surface area contributed by atoms with E-state index in [-0.39, 0.29) is 16.6 Å². The number of rotatable bonds is 5. The van der Waals surface area contributed by atoms with Gasteiger partial charge in [-0.25, -0.2) is 9.18 Å². The molecule has 0 radical (unpaired) electrons. The van der Waals surface area contributed by atoms with Crippen molar-refractivity contribution in [3.8, 4) is 0 Å². The zero-order chi connectivity index (χ0) is 14.4. The maximum atomic E-state index is 13.0. The van der Waals surface area contributed by atoms with Gasteiger partial charge in [-0.2, -0.15) is 0 Å². The molecule has 0 aliphatic carbocycles. The second kappa shape index (κ2) is 7.31. The Morgan fingerprint density at radius 3 is 2.79 bits per heavy atom. The van der Waals surface area contributed by atoms with Crippen molar-refractivity contribution in [3.05, 3.63) is 29.0 Å². The molecule has 4 nitrogen and oxygen atoms in total. The molecule has 3 N–H and O–H groups in total. The van der Waals surface area contributed by atoms with Crippen molar-refractivity contribution in [2.75, 3.05) is 11.9 Å². The van der Waals surface area contributed by atoms with Crippen LogP contribution in [0.15, 0.2) is 18.2 Å². The first-order valence-corrected chi connectivity index (χ1v) is 6.46. The van der Waals surface area contributed by atoms with E-state index >= 15 is 0 Å². The van der Waals surface area contributed by atoms with Gasteiger partial charge in [-0.1, -0.05) is 25.4 Å². The van der Waals surface area contributed by atoms with Crippen LogP contribution in [0.5, 0.6) is 0 Å². The van der Waals surface area contributed by atoms with Crippen molar-refractivity contribution in [1.82, 2.24) is 5.32 Å². The average Bonchev–Trinajstić information content (AvgIpc) is 2.33. The SMILES string of the molecule is CC(C)C(O)CCNC(=O)Nc1cc(F)ccc1Cl. The molecule has 1 rings (SSSR count). The van der Waals surface area contributed by atoms with Crippen LogP contribution in [0.3, 0.4) is 0 Å². The number of aliphatic hydroxyl groups is 1. The topological polar surface area (TPSA) is 61.4 Å². The van der Waals surface area contributed by atoms with Crippen LogP contribution in [0.25, 0.3) is 0 Å². The van der Waals surface area contributed by atoms with Gasteiger partial charge in [0.25, 0.3) is 0 Å². The minimum absolute atomic E-state index is 0.141. The number of carbonyl (C=O) groups is 1. The lowest BCUT2D eigenvalue weighted by molar-refractivity contribution is 0.117. The van der Waals surface area contributed by atoms with Crippen LogP contribution in [-0.4, -0.2) is 23.8 Å². The maximum Gasteiger partial charge on any atom is 0.319 e. The number of benzene rings is 1. The summed E-state index contributed by atoms with van der Waals surface area (Å²) < 4.78 is 13.0. The molecule has 0 heterocycles. The van der Waals surface area contributed by atoms with Crippen molar-refractivity contribution >= 4 is 23.3 Å². The van der Waals surface area contributed by atoms with Crippen molar-refractivity contribution in [2.45, 2.75) is 26.4 Å². The van der Waals surface area contributed by atoms with Crippen LogP contribution in [0.2, 0.25) is 5.02 Å². The van der Waals surface area contributed by atoms with Gasteiger partial charge in [0.1, 0.15) is 5.82 Å². The molecule has 0 aromatic heterocycles. The molecule has 0 fully saturated rings. The monoisotopic (exact) mass is 288 g/mol. The molecular weight excluding hydrogens is 271 g/mol. The van der Waals surface area contributed by atoms with Crippen LogP contribution >= 0.6 is 11.6 Å². The number of hydrogen-bond acceptors (Lipinski definition) is 2. The second-order valence-electron chi connectivity index (χ2n) is 4.61. The molecule has 0 saturated carbocycles. The van der Waals surface area contributed by atoms with E-state index in [2.05, 4.69) is 10.6 Å². The van der Waals surface area contributed by atoms with Crippen molar-refractivity contribution in [3.63, 3.8) is 0 Å². The smallest absolute Gasteiger partial charge is 0.319 e. The van der Waals surface area contributed by atoms with E-state index in [0.717, 1.165) is 6.07 Å². The highest BCUT2D eigenvalue weighted by Crippen LogP contribution is 2.22. The van der Waals surface area contributed by atoms with Gasteiger partial charge in [-0.3, -0.25) is 0 Å². The first-order chi connectivity index (χ1) is 8.90. The summed E-state index contributed by atoms with van der Waals surface area (Å²) in [4.78, 5) is 11.5. The Morgan fingerprint density at radius 1 is 1.47 bits per heavy atom. The minimum Gasteiger partial charge on any atom is -0.393 e. The quantitative estimate of drug-likeness (QED) is 0.780. The molecule has 2 amide bonds. The zero-order valence-corrected chi connectivity index (χ0v) is 11.7. The highest BCUT2D eigenvalue weighted by Gasteiger charge is 2.10. The third-order valence-corrected chi connectivity index (χ3v) is 3.00. The molecular formula is C13H18ClFN2O2. The van der Waals surface area contributed by atoms with Crippen LogP contribution in [0.1, 0.15) is 20.3 Å². The lowest BCUT2D eigenvalue weighted by Gasteiger charge is -2.15. The van der Waals surface area contributed by atoms with E-state index in [0.29, 0.717) is 13.0 Å². The van der Waals surface area contributed by atoms with Crippen LogP contribution in [-0.2, 0) is 0 Å². The molecule has 6 heteroatoms. The third kappa shape index (κ3) is 5.44. The maximum absolute atomic E-state index is 13.0. The van der Waals surface area contributed by atoms with Gasteiger partial charge in [0, 0.05) is 6.54 Å². The summed E-state index contributed by atoms with van der Waals surface area (Å²) in [6.45, 7) is 4.13. The number of nitrogens with one attached hydrogen (secondary N) is 2. The summed E-state index contributed by atoms with van der Waals surface area (Å²) in [7, 11) is 0. The summed E-state index contributed by atoms with van der Waals surface area (Å²) in [6, 6.07) is 3.24. The Balaban J connectivity index is 2.41. The summed E-state index contributed by atoms with van der Waals surface area (Å²) in [5.74, 6) is -0.336. The largest absolute Gasteiger partial charge is 0.393 e. The van der Waals surface area contributed by atoms with Gasteiger partial charge >= 0.3 is 6.03 Å². The normalized spacial score (nSPS) is 12.3. The molecule has 1 atom stereocenters. The predicted molar refractivity (Wildman–Crippen MR) is 73.9 cm³/mol. The van der Waals surface area contributed by atoms with Crippen molar-refractivity contribution in [2.24, 2.45) is 5.92 Å². The van der Waals surface area contributed by atoms with Gasteiger partial charge in [0.05, 0.1) is 16.8 Å². The van der Waals surface area contributed by atoms with Crippen LogP contribution in [0, 0.1) is 11.7 Å². The molecule has 1 aromatic carbocycles. The van der Waals surface area contributed by atoms with Gasteiger partial charge < -0.3 is 15.7 Å². The van der Waals surface area contributed by atoms with E-state index in [9.17, 15) is 14.3 Å². The summed E-state index contributed by atoms with van der Waals surface area (Å²) >= 11 is 5.82. The van der Waals surface area contributed by atoms with Gasteiger partial charge in [-0.15, -0.1) is 0 Å². The molecule has 0 aliphatic heterocycles. The Labute approximate surface area is 117 Å². The molecule has 0 saturated heterocycles. The summed E-state index contributed by atoms with van der Waals surface area (Å²) in [5.41, 5.74) is 0.212. The molecule has 19 heavy (non-hydrogen) atoms. The highest BCUT2D eigenvalue weighted by atomic mass is 35.5. The van der Waals surface area contributed by atoms with Gasteiger partial charge in [-0.05, 0) is 30.5 Å². The van der Waals surface area contributed by atoms with E-state index in [1.54, 1.807) is 0 Å². The first kappa shape index (κ1) is 15.7. The lowest BCUT2D eigenvalue weighted by Crippen LogP contribution is -2.32. The Bertz CT molecular complexity index is 441. The van der Waals surface area contributed by atoms with E-state index in [1.807, 2.05) is 13.8 Å². The fourth-order valence-corrected chi connectivity index (χ4v) is 1.59. The fourth-order valence-electron chi connectivity index (χ4n) is 1.43. The minimum atomic E-state index is -0.483. The highest BCUT2D eigenvalue weighted by molar-refractivity contribution is 6.33. The molecule has 106 valence electrons. The number of carbonyl (C=O) groups excluding carboxylic acids is 1. The first-order valence-electron chi connectivity index (χ1n) is 6.08. The van der Waals surface area contributed by atoms with Crippen molar-refractivity contribution < 1.29 is 14.3 Å². The molecule has 0 aliphatic rings. The number of halogens is 2. The molecule has 1 unspecified atom stereocenters. The standard InChI is InChI=1S/C13H18ClFN2O2/c1-8(2)12(18)5-6-16-13(19)17-11-7-9(15)3-4-10(11)14/h3-4,7-8,12,18H,5-6H2,1-2H3,(H2,16,17,19). The van der Waals surface area contributed by atoms with E-state index in [1.165, 1.54) is 12.1 Å². The average molecular weight is 289 g/mol. The zero-order valence-electron chi connectivity index (χ0n) is 10.9. The molecule has 0 spiro atoms. The van der Waals surface area contributed by atoms with Gasteiger partial charge in [0.2, 0.25) is 0 Å². The molecule has 0 bridgehead atoms. The van der Waals surface area contributed by atoms with E-state index < -0.39 is 18.0 Å². The summed E-state index contributed by atoms with van der Waals surface area (Å²) in [5, 5.41) is 14.9. The molecule has 1 aromatic rings. The predicted octanol–water partition coefficient (Wildman–Crippen LogP) is 3.01. The van der Waals surface area contributed by atoms with Gasteiger partial charge in [0.15, 0.2) is 0 Å². The van der Waals surface area contributed by atoms with E-state index in [4.69, 9.17) is 11.6 Å². The number of urea groups is 1. The number of anilines is 1. The Hall–Kier alpha value is -1.33. The lowest BCUT2D eigenvalue weighted by atomic mass is 10.0.